The monoisotopic (exact) mass is 442 g/mol. The molecular weight excluding hydrogens is 422 g/mol. The van der Waals surface area contributed by atoms with Crippen LogP contribution >= 0.6 is 15.9 Å². The van der Waals surface area contributed by atoms with Gasteiger partial charge in [0.1, 0.15) is 5.57 Å². The number of aromatic nitrogens is 1. The molecule has 1 heterocycles. The standard InChI is InChI=1S/C21H21BrN3O3/c1-4-28-21(27)16(14-23)13-19(20(26)15-5-7-17(22)8-6-15)25-11-9-18(10-12-25)24(2)3/h5-13,23H,4H2,1-3H3/q+1/b19-13-. The number of nitrogens with zero attached hydrogens (tertiary/aromatic N) is 2. The van der Waals surface area contributed by atoms with Crippen LogP contribution in [0.15, 0.2) is 64.9 Å². The summed E-state index contributed by atoms with van der Waals surface area (Å²) >= 11 is 3.35. The zero-order chi connectivity index (χ0) is 20.7. The Morgan fingerprint density at radius 2 is 1.79 bits per heavy atom. The minimum atomic E-state index is -0.705. The fourth-order valence-electron chi connectivity index (χ4n) is 2.38. The van der Waals surface area contributed by atoms with Crippen LogP contribution in [0.1, 0.15) is 17.3 Å². The number of hydrogen-bond acceptors (Lipinski definition) is 5. The van der Waals surface area contributed by atoms with E-state index in [-0.39, 0.29) is 23.7 Å². The maximum Gasteiger partial charge on any atom is 0.347 e. The summed E-state index contributed by atoms with van der Waals surface area (Å²) < 4.78 is 7.40. The number of halogens is 1. The summed E-state index contributed by atoms with van der Waals surface area (Å²) in [5.41, 5.74) is 1.48. The van der Waals surface area contributed by atoms with Gasteiger partial charge in [0.05, 0.1) is 6.61 Å². The quantitative estimate of drug-likeness (QED) is 0.178. The molecule has 28 heavy (non-hydrogen) atoms. The van der Waals surface area contributed by atoms with Gasteiger partial charge in [-0.1, -0.05) is 15.9 Å². The van der Waals surface area contributed by atoms with E-state index >= 15 is 0 Å². The smallest absolute Gasteiger partial charge is 0.347 e. The fourth-order valence-corrected chi connectivity index (χ4v) is 2.64. The molecule has 1 aromatic carbocycles. The van der Waals surface area contributed by atoms with Crippen molar-refractivity contribution in [1.82, 2.24) is 0 Å². The third-order valence-corrected chi connectivity index (χ3v) is 4.39. The van der Waals surface area contributed by atoms with Crippen molar-refractivity contribution in [1.29, 1.82) is 5.41 Å². The largest absolute Gasteiger partial charge is 0.462 e. The number of carbonyl (C=O) groups is 2. The van der Waals surface area contributed by atoms with Gasteiger partial charge < -0.3 is 9.64 Å². The van der Waals surface area contributed by atoms with E-state index in [4.69, 9.17) is 10.1 Å². The molecule has 0 bridgehead atoms. The summed E-state index contributed by atoms with van der Waals surface area (Å²) in [6.45, 7) is 1.84. The molecule has 0 unspecified atom stereocenters. The lowest BCUT2D eigenvalue weighted by Gasteiger charge is -2.11. The molecule has 7 heteroatoms. The van der Waals surface area contributed by atoms with E-state index in [0.717, 1.165) is 10.2 Å². The van der Waals surface area contributed by atoms with Crippen molar-refractivity contribution >= 4 is 44.9 Å². The second-order valence-corrected chi connectivity index (χ2v) is 6.90. The molecular formula is C21H21BrN3O3+. The van der Waals surface area contributed by atoms with Gasteiger partial charge in [-0.3, -0.25) is 10.2 Å². The van der Waals surface area contributed by atoms with Gasteiger partial charge in [-0.05, 0) is 37.1 Å². The fraction of sp³-hybridized carbons (Fsp3) is 0.190. The topological polar surface area (TPSA) is 74.3 Å². The molecule has 0 amide bonds. The molecule has 1 N–H and O–H groups in total. The number of ether oxygens (including phenoxy) is 1. The molecule has 0 atom stereocenters. The number of esters is 1. The van der Waals surface area contributed by atoms with E-state index in [1.807, 2.05) is 31.1 Å². The van der Waals surface area contributed by atoms with Gasteiger partial charge in [-0.15, -0.1) is 0 Å². The third-order valence-electron chi connectivity index (χ3n) is 3.86. The minimum Gasteiger partial charge on any atom is -0.462 e. The average molecular weight is 443 g/mol. The maximum absolute atomic E-state index is 13.1. The number of allylic oxidation sites excluding steroid dienone is 1. The van der Waals surface area contributed by atoms with E-state index < -0.39 is 5.97 Å². The molecule has 0 aliphatic carbocycles. The Labute approximate surface area is 172 Å². The van der Waals surface area contributed by atoms with Crippen LogP contribution in [0.25, 0.3) is 5.70 Å². The number of rotatable bonds is 7. The summed E-state index contributed by atoms with van der Waals surface area (Å²) in [5, 5.41) is 7.42. The Morgan fingerprint density at radius 1 is 1.18 bits per heavy atom. The van der Waals surface area contributed by atoms with Gasteiger partial charge in [0.15, 0.2) is 12.4 Å². The van der Waals surface area contributed by atoms with Crippen molar-refractivity contribution in [2.45, 2.75) is 6.92 Å². The number of ketones is 1. The SMILES string of the molecule is CCOC(=O)C(=C=N)/C=C(/C(=O)c1ccc(Br)cc1)[n+]1ccc(N(C)C)cc1. The molecule has 2 aromatic rings. The third kappa shape index (κ3) is 5.25. The number of carbonyl (C=O) groups excluding carboxylic acids is 2. The molecule has 0 fully saturated rings. The van der Waals surface area contributed by atoms with E-state index in [9.17, 15) is 9.59 Å². The van der Waals surface area contributed by atoms with Gasteiger partial charge in [-0.25, -0.2) is 4.79 Å². The van der Waals surface area contributed by atoms with Gasteiger partial charge in [0.2, 0.25) is 0 Å². The second-order valence-electron chi connectivity index (χ2n) is 5.98. The Hall–Kier alpha value is -3.02. The molecule has 0 radical (unpaired) electrons. The molecule has 6 nitrogen and oxygen atoms in total. The van der Waals surface area contributed by atoms with Crippen molar-refractivity contribution in [2.75, 3.05) is 25.6 Å². The minimum absolute atomic E-state index is 0.133. The Morgan fingerprint density at radius 3 is 2.29 bits per heavy atom. The summed E-state index contributed by atoms with van der Waals surface area (Å²) in [5.74, 6) is 1.06. The molecule has 0 saturated carbocycles. The van der Waals surface area contributed by atoms with E-state index in [0.29, 0.717) is 5.56 Å². The van der Waals surface area contributed by atoms with E-state index in [1.165, 1.54) is 6.08 Å². The van der Waals surface area contributed by atoms with Gasteiger partial charge in [-0.2, -0.15) is 4.57 Å². The van der Waals surface area contributed by atoms with Crippen molar-refractivity contribution in [3.63, 3.8) is 0 Å². The first-order valence-electron chi connectivity index (χ1n) is 8.55. The lowest BCUT2D eigenvalue weighted by Crippen LogP contribution is -2.36. The molecule has 0 spiro atoms. The molecule has 0 aliphatic heterocycles. The summed E-state index contributed by atoms with van der Waals surface area (Å²) in [4.78, 5) is 27.1. The average Bonchev–Trinajstić information content (AvgIpc) is 2.69. The number of benzene rings is 1. The van der Waals surface area contributed by atoms with Crippen molar-refractivity contribution in [2.24, 2.45) is 0 Å². The Kier molecular flexibility index (Phi) is 7.44. The first-order valence-corrected chi connectivity index (χ1v) is 9.34. The highest BCUT2D eigenvalue weighted by Gasteiger charge is 2.24. The van der Waals surface area contributed by atoms with Crippen LogP contribution in [-0.4, -0.2) is 38.3 Å². The van der Waals surface area contributed by atoms with Crippen molar-refractivity contribution < 1.29 is 18.9 Å². The lowest BCUT2D eigenvalue weighted by molar-refractivity contribution is -0.576. The van der Waals surface area contributed by atoms with Crippen LogP contribution in [0, 0.1) is 5.41 Å². The molecule has 0 aliphatic rings. The molecule has 2 rings (SSSR count). The number of pyridine rings is 1. The first kappa shape index (κ1) is 21.3. The highest BCUT2D eigenvalue weighted by Crippen LogP contribution is 2.16. The van der Waals surface area contributed by atoms with Crippen molar-refractivity contribution in [3.05, 3.63) is 70.5 Å². The van der Waals surface area contributed by atoms with E-state index in [1.54, 1.807) is 48.1 Å². The van der Waals surface area contributed by atoms with Crippen LogP contribution in [-0.2, 0) is 9.53 Å². The van der Waals surface area contributed by atoms with Crippen LogP contribution in [0.5, 0.6) is 0 Å². The summed E-state index contributed by atoms with van der Waals surface area (Å²) in [6.07, 6.45) is 4.78. The predicted octanol–water partition coefficient (Wildman–Crippen LogP) is 3.26. The zero-order valence-corrected chi connectivity index (χ0v) is 17.5. The molecule has 0 saturated heterocycles. The Bertz CT molecular complexity index is 942. The first-order chi connectivity index (χ1) is 13.4. The van der Waals surface area contributed by atoms with Crippen LogP contribution in [0.4, 0.5) is 5.69 Å². The number of anilines is 1. The zero-order valence-electron chi connectivity index (χ0n) is 15.9. The second kappa shape index (κ2) is 9.78. The van der Waals surface area contributed by atoms with Gasteiger partial charge in [0, 0.05) is 48.0 Å². The van der Waals surface area contributed by atoms with Crippen LogP contribution in [0.2, 0.25) is 0 Å². The summed E-state index contributed by atoms with van der Waals surface area (Å²) in [6, 6.07) is 10.6. The van der Waals surface area contributed by atoms with Crippen LogP contribution < -0.4 is 9.47 Å². The maximum atomic E-state index is 13.1. The highest BCUT2D eigenvalue weighted by molar-refractivity contribution is 9.10. The number of Topliss-reactive ketones (excluding diaryl/α,β-unsaturated/α-hetero) is 1. The Balaban J connectivity index is 2.55. The highest BCUT2D eigenvalue weighted by atomic mass is 79.9. The van der Waals surface area contributed by atoms with Crippen molar-refractivity contribution in [3.8, 4) is 0 Å². The molecule has 1 aromatic heterocycles. The number of hydrogen-bond donors (Lipinski definition) is 1. The summed E-state index contributed by atoms with van der Waals surface area (Å²) in [7, 11) is 3.83. The number of nitrogens with one attached hydrogen (secondary N) is 1. The van der Waals surface area contributed by atoms with Crippen LogP contribution in [0.3, 0.4) is 0 Å². The van der Waals surface area contributed by atoms with Gasteiger partial charge >= 0.3 is 5.97 Å². The lowest BCUT2D eigenvalue weighted by atomic mass is 10.1. The predicted molar refractivity (Wildman–Crippen MR) is 112 cm³/mol. The normalized spacial score (nSPS) is 10.8. The molecule has 144 valence electrons. The van der Waals surface area contributed by atoms with Gasteiger partial charge in [0.25, 0.3) is 11.5 Å². The van der Waals surface area contributed by atoms with E-state index in [2.05, 4.69) is 21.8 Å².